The third-order valence-electron chi connectivity index (χ3n) is 10.6. The van der Waals surface area contributed by atoms with Crippen molar-refractivity contribution in [3.8, 4) is 11.5 Å². The Bertz CT molecular complexity index is 2040. The van der Waals surface area contributed by atoms with Gasteiger partial charge in [-0.1, -0.05) is 72.8 Å². The minimum absolute atomic E-state index is 0.147. The van der Waals surface area contributed by atoms with E-state index in [1.807, 2.05) is 166 Å². The molecule has 4 aromatic rings. The average molecular weight is 1010 g/mol. The molecule has 2 heterocycles. The molecule has 2 aliphatic heterocycles. The van der Waals surface area contributed by atoms with Crippen LogP contribution in [0.25, 0.3) is 0 Å². The number of amides is 2. The predicted molar refractivity (Wildman–Crippen MR) is 251 cm³/mol. The van der Waals surface area contributed by atoms with E-state index in [0.717, 1.165) is 22.3 Å². The van der Waals surface area contributed by atoms with Gasteiger partial charge < -0.3 is 37.9 Å². The normalized spacial score (nSPS) is 19.2. The average Bonchev–Trinajstić information content (AvgIpc) is 3.72. The molecule has 0 aromatic heterocycles. The molecule has 2 saturated heterocycles. The molecule has 2 amide bonds. The zero-order valence-electron chi connectivity index (χ0n) is 38.5. The van der Waals surface area contributed by atoms with Crippen molar-refractivity contribution >= 4 is 44.0 Å². The van der Waals surface area contributed by atoms with Crippen LogP contribution < -0.4 is 9.47 Å². The van der Waals surface area contributed by atoms with Crippen molar-refractivity contribution in [2.45, 2.75) is 129 Å². The standard InChI is InChI=1S/C50H62Br2N2O10/c1-47(2,3)63-45(55)53-39(29-59-49(53,7)8)35-21-23-41(37(51)25-35)61-43(31-57-27-33-17-13-11-14-18-33)44(32-58-28-34-19-15-12-16-20-34)62-42-24-22-36(26-38(42)52)40-30-60-50(9,10)54(40)46(56)64-48(4,5)6/h11-26,39-40,43-44H,27-32H2,1-10H3/t39-,40-,43+,44+/m0/s1. The third kappa shape index (κ3) is 13.0. The van der Waals surface area contributed by atoms with E-state index in [4.69, 9.17) is 37.9 Å². The van der Waals surface area contributed by atoms with Gasteiger partial charge in [0.25, 0.3) is 0 Å². The molecule has 2 fully saturated rings. The van der Waals surface area contributed by atoms with Gasteiger partial charge in [-0.05, 0) is 148 Å². The second kappa shape index (κ2) is 20.6. The van der Waals surface area contributed by atoms with Crippen LogP contribution in [-0.2, 0) is 41.6 Å². The fourth-order valence-corrected chi connectivity index (χ4v) is 8.53. The minimum Gasteiger partial charge on any atom is -0.483 e. The van der Waals surface area contributed by atoms with Gasteiger partial charge in [0.15, 0.2) is 12.2 Å². The molecule has 0 N–H and O–H groups in total. The van der Waals surface area contributed by atoms with E-state index in [0.29, 0.717) is 46.9 Å². The molecule has 6 rings (SSSR count). The highest BCUT2D eigenvalue weighted by Gasteiger charge is 2.48. The zero-order valence-corrected chi connectivity index (χ0v) is 41.7. The fourth-order valence-electron chi connectivity index (χ4n) is 7.55. The molecule has 0 aliphatic carbocycles. The monoisotopic (exact) mass is 1010 g/mol. The van der Waals surface area contributed by atoms with Gasteiger partial charge in [0.05, 0.1) is 60.7 Å². The van der Waals surface area contributed by atoms with Crippen molar-refractivity contribution in [1.29, 1.82) is 0 Å². The first-order valence-electron chi connectivity index (χ1n) is 21.6. The topological polar surface area (TPSA) is 114 Å². The molecule has 0 saturated carbocycles. The molecule has 64 heavy (non-hydrogen) atoms. The number of carbonyl (C=O) groups excluding carboxylic acids is 2. The maximum Gasteiger partial charge on any atom is 0.413 e. The molecule has 2 aliphatic rings. The molecule has 0 bridgehead atoms. The van der Waals surface area contributed by atoms with E-state index < -0.39 is 59.1 Å². The summed E-state index contributed by atoms with van der Waals surface area (Å²) in [5.74, 6) is 1.08. The Kier molecular flexibility index (Phi) is 15.8. The van der Waals surface area contributed by atoms with Gasteiger partial charge in [-0.25, -0.2) is 9.59 Å². The third-order valence-corrected chi connectivity index (χ3v) is 11.8. The van der Waals surface area contributed by atoms with E-state index in [1.54, 1.807) is 9.80 Å². The summed E-state index contributed by atoms with van der Waals surface area (Å²) in [5.41, 5.74) is 0.591. The smallest absolute Gasteiger partial charge is 0.413 e. The van der Waals surface area contributed by atoms with E-state index in [9.17, 15) is 9.59 Å². The summed E-state index contributed by atoms with van der Waals surface area (Å²) in [4.78, 5) is 30.3. The fraction of sp³-hybridized carbons (Fsp3) is 0.480. The van der Waals surface area contributed by atoms with E-state index in [2.05, 4.69) is 31.9 Å². The van der Waals surface area contributed by atoms with Crippen LogP contribution in [0.15, 0.2) is 106 Å². The Morgan fingerprint density at radius 1 is 0.609 bits per heavy atom. The molecule has 4 atom stereocenters. The number of rotatable bonds is 15. The van der Waals surface area contributed by atoms with Crippen LogP contribution in [0.2, 0.25) is 0 Å². The highest BCUT2D eigenvalue weighted by Crippen LogP contribution is 2.42. The van der Waals surface area contributed by atoms with Gasteiger partial charge in [0.1, 0.15) is 34.2 Å². The molecule has 12 nitrogen and oxygen atoms in total. The van der Waals surface area contributed by atoms with Crippen LogP contribution >= 0.6 is 31.9 Å². The summed E-state index contributed by atoms with van der Waals surface area (Å²) in [6.07, 6.45) is -2.29. The predicted octanol–water partition coefficient (Wildman–Crippen LogP) is 11.9. The molecule has 0 spiro atoms. The number of hydrogen-bond acceptors (Lipinski definition) is 10. The van der Waals surface area contributed by atoms with Gasteiger partial charge in [-0.15, -0.1) is 0 Å². The lowest BCUT2D eigenvalue weighted by Crippen LogP contribution is -2.47. The Hall–Kier alpha value is -4.18. The summed E-state index contributed by atoms with van der Waals surface area (Å²) in [6, 6.07) is 30.6. The summed E-state index contributed by atoms with van der Waals surface area (Å²) in [7, 11) is 0. The molecule has 346 valence electrons. The number of carbonyl (C=O) groups is 2. The van der Waals surface area contributed by atoms with Gasteiger partial charge in [-0.2, -0.15) is 0 Å². The van der Waals surface area contributed by atoms with Gasteiger partial charge in [-0.3, -0.25) is 9.80 Å². The number of benzene rings is 4. The van der Waals surface area contributed by atoms with Crippen LogP contribution in [0, 0.1) is 0 Å². The second-order valence-electron chi connectivity index (χ2n) is 18.9. The quantitative estimate of drug-likeness (QED) is 0.114. The summed E-state index contributed by atoms with van der Waals surface area (Å²) in [6.45, 7) is 20.1. The molecular weight excluding hydrogens is 948 g/mol. The lowest BCUT2D eigenvalue weighted by atomic mass is 10.1. The van der Waals surface area contributed by atoms with E-state index in [1.165, 1.54) is 0 Å². The SMILES string of the molecule is CC(C)(C)OC(=O)N1[C@H](c2ccc(O[C@H](COCc3ccccc3)[C@@H](COCc3ccccc3)Oc3ccc([C@@H]4COC(C)(C)N4C(=O)OC(C)(C)C)cc3Br)c(Br)c2)COC1(C)C. The first kappa shape index (κ1) is 49.3. The number of nitrogens with zero attached hydrogens (tertiary/aromatic N) is 2. The molecular formula is C50H62Br2N2O10. The van der Waals surface area contributed by atoms with Crippen LogP contribution in [0.5, 0.6) is 11.5 Å². The summed E-state index contributed by atoms with van der Waals surface area (Å²) in [5, 5.41) is 0. The number of hydrogen-bond donors (Lipinski definition) is 0. The highest BCUT2D eigenvalue weighted by atomic mass is 79.9. The second-order valence-corrected chi connectivity index (χ2v) is 20.7. The maximum atomic E-state index is 13.5. The van der Waals surface area contributed by atoms with E-state index in [-0.39, 0.29) is 13.2 Å². The minimum atomic E-state index is -0.883. The van der Waals surface area contributed by atoms with Crippen molar-refractivity contribution in [1.82, 2.24) is 9.80 Å². The van der Waals surface area contributed by atoms with Crippen LogP contribution in [0.3, 0.4) is 0 Å². The molecule has 0 radical (unpaired) electrons. The summed E-state index contributed by atoms with van der Waals surface area (Å²) < 4.78 is 51.6. The van der Waals surface area contributed by atoms with E-state index >= 15 is 0 Å². The Morgan fingerprint density at radius 2 is 0.969 bits per heavy atom. The van der Waals surface area contributed by atoms with Gasteiger partial charge in [0.2, 0.25) is 0 Å². The van der Waals surface area contributed by atoms with Crippen molar-refractivity contribution in [2.24, 2.45) is 0 Å². The van der Waals surface area contributed by atoms with Gasteiger partial charge >= 0.3 is 12.2 Å². The van der Waals surface area contributed by atoms with Crippen LogP contribution in [0.4, 0.5) is 9.59 Å². The Balaban J connectivity index is 1.30. The first-order chi connectivity index (χ1) is 30.1. The van der Waals surface area contributed by atoms with Gasteiger partial charge in [0, 0.05) is 0 Å². The van der Waals surface area contributed by atoms with Crippen LogP contribution in [-0.4, -0.2) is 83.3 Å². The van der Waals surface area contributed by atoms with Crippen LogP contribution in [0.1, 0.15) is 104 Å². The number of ether oxygens (including phenoxy) is 8. The molecule has 14 heteroatoms. The molecule has 0 unspecified atom stereocenters. The Labute approximate surface area is 395 Å². The van der Waals surface area contributed by atoms with Crippen molar-refractivity contribution in [3.05, 3.63) is 128 Å². The Morgan fingerprint density at radius 3 is 1.30 bits per heavy atom. The largest absolute Gasteiger partial charge is 0.483 e. The van der Waals surface area contributed by atoms with Crippen molar-refractivity contribution in [2.75, 3.05) is 26.4 Å². The number of halogens is 2. The zero-order chi connectivity index (χ0) is 46.5. The maximum absolute atomic E-state index is 13.5. The first-order valence-corrected chi connectivity index (χ1v) is 23.2. The molecule has 4 aromatic carbocycles. The highest BCUT2D eigenvalue weighted by molar-refractivity contribution is 9.11. The van der Waals surface area contributed by atoms with Crippen molar-refractivity contribution < 1.29 is 47.5 Å². The lowest BCUT2D eigenvalue weighted by Gasteiger charge is -2.35. The van der Waals surface area contributed by atoms with Crippen molar-refractivity contribution in [3.63, 3.8) is 0 Å². The lowest BCUT2D eigenvalue weighted by molar-refractivity contribution is -0.0637. The summed E-state index contributed by atoms with van der Waals surface area (Å²) >= 11 is 7.57.